The number of H-pyrrole nitrogens is 1. The molecule has 1 fully saturated rings. The molecule has 1 aromatic heterocycles. The standard InChI is InChI=1S/C9H11BrN2O/c10-8-3-7(5-11-8)9(13)12-4-6-1-2-6/h3,5-6,11H,1-2,4H2,(H,12,13). The molecule has 1 aliphatic rings. The Morgan fingerprint density at radius 3 is 3.00 bits per heavy atom. The Hall–Kier alpha value is -0.770. The molecule has 0 aliphatic heterocycles. The van der Waals surface area contributed by atoms with Gasteiger partial charge in [-0.25, -0.2) is 0 Å². The van der Waals surface area contributed by atoms with E-state index in [1.165, 1.54) is 12.8 Å². The van der Waals surface area contributed by atoms with Crippen LogP contribution in [0.15, 0.2) is 16.9 Å². The average molecular weight is 243 g/mol. The summed E-state index contributed by atoms with van der Waals surface area (Å²) in [6.07, 6.45) is 4.22. The zero-order valence-electron chi connectivity index (χ0n) is 7.14. The Kier molecular flexibility index (Phi) is 2.40. The molecule has 0 bridgehead atoms. The first kappa shape index (κ1) is 8.81. The molecule has 1 heterocycles. The number of rotatable bonds is 3. The maximum atomic E-state index is 11.4. The lowest BCUT2D eigenvalue weighted by atomic mass is 10.3. The van der Waals surface area contributed by atoms with Gasteiger partial charge >= 0.3 is 0 Å². The van der Waals surface area contributed by atoms with Gasteiger partial charge in [-0.1, -0.05) is 0 Å². The highest BCUT2D eigenvalue weighted by Gasteiger charge is 2.21. The molecule has 2 N–H and O–H groups in total. The van der Waals surface area contributed by atoms with Crippen molar-refractivity contribution in [3.8, 4) is 0 Å². The van der Waals surface area contributed by atoms with Crippen molar-refractivity contribution in [1.29, 1.82) is 0 Å². The second-order valence-electron chi connectivity index (χ2n) is 3.39. The van der Waals surface area contributed by atoms with Crippen LogP contribution in [0.1, 0.15) is 23.2 Å². The summed E-state index contributed by atoms with van der Waals surface area (Å²) in [6, 6.07) is 1.78. The number of nitrogens with one attached hydrogen (secondary N) is 2. The minimum atomic E-state index is 0.00819. The molecule has 1 amide bonds. The van der Waals surface area contributed by atoms with E-state index in [9.17, 15) is 4.79 Å². The molecule has 0 saturated heterocycles. The van der Waals surface area contributed by atoms with Gasteiger partial charge in [0.2, 0.25) is 0 Å². The molecule has 1 saturated carbocycles. The summed E-state index contributed by atoms with van der Waals surface area (Å²) in [5.41, 5.74) is 0.688. The maximum absolute atomic E-state index is 11.4. The number of halogens is 1. The predicted octanol–water partition coefficient (Wildman–Crippen LogP) is 1.92. The Morgan fingerprint density at radius 2 is 2.46 bits per heavy atom. The molecule has 4 heteroatoms. The van der Waals surface area contributed by atoms with Gasteiger partial charge in [0, 0.05) is 12.7 Å². The third-order valence-corrected chi connectivity index (χ3v) is 2.62. The summed E-state index contributed by atoms with van der Waals surface area (Å²) in [5, 5.41) is 2.89. The monoisotopic (exact) mass is 242 g/mol. The van der Waals surface area contributed by atoms with Gasteiger partial charge in [-0.15, -0.1) is 0 Å². The van der Waals surface area contributed by atoms with Gasteiger partial charge in [-0.05, 0) is 40.8 Å². The van der Waals surface area contributed by atoms with E-state index in [0.29, 0.717) is 5.56 Å². The molecule has 3 nitrogen and oxygen atoms in total. The Bertz CT molecular complexity index is 317. The van der Waals surface area contributed by atoms with E-state index in [1.54, 1.807) is 12.3 Å². The van der Waals surface area contributed by atoms with Crippen molar-refractivity contribution in [2.24, 2.45) is 5.92 Å². The SMILES string of the molecule is O=C(NCC1CC1)c1c[nH]c(Br)c1. The number of carbonyl (C=O) groups excluding carboxylic acids is 1. The van der Waals surface area contributed by atoms with Gasteiger partial charge in [0.25, 0.3) is 5.91 Å². The summed E-state index contributed by atoms with van der Waals surface area (Å²) >= 11 is 3.26. The molecule has 1 aromatic rings. The molecule has 0 unspecified atom stereocenters. The number of hydrogen-bond acceptors (Lipinski definition) is 1. The fraction of sp³-hybridized carbons (Fsp3) is 0.444. The van der Waals surface area contributed by atoms with E-state index >= 15 is 0 Å². The summed E-state index contributed by atoms with van der Waals surface area (Å²) in [7, 11) is 0. The van der Waals surface area contributed by atoms with E-state index < -0.39 is 0 Å². The van der Waals surface area contributed by atoms with Crippen molar-refractivity contribution in [1.82, 2.24) is 10.3 Å². The van der Waals surface area contributed by atoms with Gasteiger partial charge in [-0.3, -0.25) is 4.79 Å². The van der Waals surface area contributed by atoms with Crippen molar-refractivity contribution in [2.75, 3.05) is 6.54 Å². The Balaban J connectivity index is 1.88. The molecule has 0 spiro atoms. The highest BCUT2D eigenvalue weighted by molar-refractivity contribution is 9.10. The first-order chi connectivity index (χ1) is 6.25. The van der Waals surface area contributed by atoms with E-state index in [4.69, 9.17) is 0 Å². The highest BCUT2D eigenvalue weighted by Crippen LogP contribution is 2.27. The second-order valence-corrected chi connectivity index (χ2v) is 4.24. The summed E-state index contributed by atoms with van der Waals surface area (Å²) < 4.78 is 0.837. The maximum Gasteiger partial charge on any atom is 0.252 e. The zero-order chi connectivity index (χ0) is 9.26. The largest absolute Gasteiger partial charge is 0.355 e. The molecule has 70 valence electrons. The average Bonchev–Trinajstić information content (AvgIpc) is 2.84. The van der Waals surface area contributed by atoms with Crippen molar-refractivity contribution < 1.29 is 4.79 Å². The molecule has 0 aromatic carbocycles. The number of aromatic nitrogens is 1. The summed E-state index contributed by atoms with van der Waals surface area (Å²) in [4.78, 5) is 14.3. The molecule has 0 radical (unpaired) electrons. The molecule has 13 heavy (non-hydrogen) atoms. The Labute approximate surface area is 85.0 Å². The van der Waals surface area contributed by atoms with E-state index in [1.807, 2.05) is 0 Å². The van der Waals surface area contributed by atoms with Crippen LogP contribution in [0.5, 0.6) is 0 Å². The first-order valence-electron chi connectivity index (χ1n) is 4.38. The minimum absolute atomic E-state index is 0.00819. The van der Waals surface area contributed by atoms with Gasteiger partial charge < -0.3 is 10.3 Å². The molecular formula is C9H11BrN2O. The summed E-state index contributed by atoms with van der Waals surface area (Å²) in [6.45, 7) is 0.821. The molecular weight excluding hydrogens is 232 g/mol. The number of carbonyl (C=O) groups is 1. The molecule has 2 rings (SSSR count). The van der Waals surface area contributed by atoms with Gasteiger partial charge in [0.1, 0.15) is 0 Å². The van der Waals surface area contributed by atoms with E-state index in [2.05, 4.69) is 26.2 Å². The van der Waals surface area contributed by atoms with Crippen LogP contribution in [0.2, 0.25) is 0 Å². The molecule has 0 atom stereocenters. The smallest absolute Gasteiger partial charge is 0.252 e. The van der Waals surface area contributed by atoms with Crippen molar-refractivity contribution in [3.63, 3.8) is 0 Å². The third kappa shape index (κ3) is 2.34. The summed E-state index contributed by atoms with van der Waals surface area (Å²) in [5.74, 6) is 0.736. The topological polar surface area (TPSA) is 44.9 Å². The van der Waals surface area contributed by atoms with Crippen LogP contribution in [0.3, 0.4) is 0 Å². The van der Waals surface area contributed by atoms with Crippen molar-refractivity contribution in [3.05, 3.63) is 22.4 Å². The Morgan fingerprint density at radius 1 is 1.69 bits per heavy atom. The van der Waals surface area contributed by atoms with Crippen LogP contribution in [0.4, 0.5) is 0 Å². The van der Waals surface area contributed by atoms with Crippen LogP contribution < -0.4 is 5.32 Å². The fourth-order valence-corrected chi connectivity index (χ4v) is 1.52. The van der Waals surface area contributed by atoms with Crippen molar-refractivity contribution in [2.45, 2.75) is 12.8 Å². The quantitative estimate of drug-likeness (QED) is 0.836. The molecule has 1 aliphatic carbocycles. The second kappa shape index (κ2) is 3.54. The van der Waals surface area contributed by atoms with Crippen LogP contribution in [0, 0.1) is 5.92 Å². The van der Waals surface area contributed by atoms with Gasteiger partial charge in [0.05, 0.1) is 10.2 Å². The predicted molar refractivity (Wildman–Crippen MR) is 53.5 cm³/mol. The van der Waals surface area contributed by atoms with Gasteiger partial charge in [-0.2, -0.15) is 0 Å². The number of hydrogen-bond donors (Lipinski definition) is 2. The normalized spacial score (nSPS) is 15.8. The van der Waals surface area contributed by atoms with Crippen LogP contribution >= 0.6 is 15.9 Å². The van der Waals surface area contributed by atoms with Crippen LogP contribution in [-0.4, -0.2) is 17.4 Å². The van der Waals surface area contributed by atoms with Crippen LogP contribution in [-0.2, 0) is 0 Å². The number of aromatic amines is 1. The fourth-order valence-electron chi connectivity index (χ4n) is 1.16. The van der Waals surface area contributed by atoms with E-state index in [0.717, 1.165) is 17.1 Å². The third-order valence-electron chi connectivity index (χ3n) is 2.16. The van der Waals surface area contributed by atoms with Crippen LogP contribution in [0.25, 0.3) is 0 Å². The zero-order valence-corrected chi connectivity index (χ0v) is 8.73. The lowest BCUT2D eigenvalue weighted by molar-refractivity contribution is 0.0952. The van der Waals surface area contributed by atoms with E-state index in [-0.39, 0.29) is 5.91 Å². The number of amides is 1. The lowest BCUT2D eigenvalue weighted by Crippen LogP contribution is -2.24. The van der Waals surface area contributed by atoms with Gasteiger partial charge in [0.15, 0.2) is 0 Å². The first-order valence-corrected chi connectivity index (χ1v) is 5.17. The highest BCUT2D eigenvalue weighted by atomic mass is 79.9. The lowest BCUT2D eigenvalue weighted by Gasteiger charge is -2.00. The minimum Gasteiger partial charge on any atom is -0.355 e. The van der Waals surface area contributed by atoms with Crippen molar-refractivity contribution >= 4 is 21.8 Å².